The van der Waals surface area contributed by atoms with E-state index in [0.717, 1.165) is 12.8 Å². The van der Waals surface area contributed by atoms with Gasteiger partial charge in [0, 0.05) is 11.8 Å². The molecule has 0 aliphatic heterocycles. The average Bonchev–Trinajstić information content (AvgIpc) is 2.18. The summed E-state index contributed by atoms with van der Waals surface area (Å²) in [4.78, 5) is 4.82. The lowest BCUT2D eigenvalue weighted by molar-refractivity contribution is 0.443. The molecule has 0 aromatic carbocycles. The lowest BCUT2D eigenvalue weighted by atomic mass is 9.96. The minimum Gasteiger partial charge on any atom is -0.291 e. The molecule has 1 saturated carbocycles. The molecular weight excluding hydrogens is 182 g/mol. The summed E-state index contributed by atoms with van der Waals surface area (Å²) in [5, 5.41) is 0. The fourth-order valence-electron chi connectivity index (χ4n) is 2.16. The predicted octanol–water partition coefficient (Wildman–Crippen LogP) is 4.53. The molecule has 0 unspecified atom stereocenters. The first kappa shape index (κ1) is 12.5. The van der Waals surface area contributed by atoms with Gasteiger partial charge in [-0.15, -0.1) is 0 Å². The number of hydrogen-bond acceptors (Lipinski definition) is 1. The number of hydrogen-bond donors (Lipinski definition) is 0. The van der Waals surface area contributed by atoms with E-state index >= 15 is 0 Å². The molecule has 15 heavy (non-hydrogen) atoms. The van der Waals surface area contributed by atoms with Gasteiger partial charge in [0.15, 0.2) is 0 Å². The second-order valence-corrected chi connectivity index (χ2v) is 4.98. The molecule has 1 rings (SSSR count). The maximum Gasteiger partial charge on any atom is 0.0498 e. The van der Waals surface area contributed by atoms with Crippen LogP contribution >= 0.6 is 0 Å². The fourth-order valence-corrected chi connectivity index (χ4v) is 2.16. The molecule has 0 N–H and O–H groups in total. The average molecular weight is 207 g/mol. The first-order chi connectivity index (χ1) is 7.18. The van der Waals surface area contributed by atoms with Crippen LogP contribution in [0.1, 0.15) is 65.7 Å². The van der Waals surface area contributed by atoms with Gasteiger partial charge < -0.3 is 0 Å². The van der Waals surface area contributed by atoms with E-state index in [1.165, 1.54) is 43.4 Å². The van der Waals surface area contributed by atoms with Gasteiger partial charge in [-0.2, -0.15) is 0 Å². The molecule has 0 amide bonds. The highest BCUT2D eigenvalue weighted by Crippen LogP contribution is 2.20. The largest absolute Gasteiger partial charge is 0.291 e. The maximum atomic E-state index is 4.82. The molecule has 1 aliphatic carbocycles. The summed E-state index contributed by atoms with van der Waals surface area (Å²) < 4.78 is 0. The summed E-state index contributed by atoms with van der Waals surface area (Å²) in [7, 11) is 0. The number of nitrogens with zero attached hydrogens (tertiary/aromatic N) is 1. The van der Waals surface area contributed by atoms with Crippen LogP contribution in [0, 0.1) is 0 Å². The molecule has 1 aliphatic rings. The normalized spacial score (nSPS) is 19.0. The van der Waals surface area contributed by atoms with Crippen LogP contribution in [0.25, 0.3) is 0 Å². The molecule has 0 saturated heterocycles. The van der Waals surface area contributed by atoms with Crippen molar-refractivity contribution in [2.24, 2.45) is 4.99 Å². The van der Waals surface area contributed by atoms with Crippen molar-refractivity contribution in [1.82, 2.24) is 0 Å². The van der Waals surface area contributed by atoms with Crippen molar-refractivity contribution < 1.29 is 0 Å². The Morgan fingerprint density at radius 3 is 2.40 bits per heavy atom. The molecule has 0 spiro atoms. The van der Waals surface area contributed by atoms with E-state index in [4.69, 9.17) is 4.99 Å². The van der Waals surface area contributed by atoms with Crippen LogP contribution in [0.5, 0.6) is 0 Å². The van der Waals surface area contributed by atoms with Gasteiger partial charge in [-0.25, -0.2) is 0 Å². The van der Waals surface area contributed by atoms with Crippen LogP contribution in [0.2, 0.25) is 0 Å². The zero-order valence-corrected chi connectivity index (χ0v) is 10.6. The molecular formula is C14H25N. The van der Waals surface area contributed by atoms with Gasteiger partial charge in [0.25, 0.3) is 0 Å². The highest BCUT2D eigenvalue weighted by molar-refractivity contribution is 5.82. The Balaban J connectivity index is 2.28. The zero-order chi connectivity index (χ0) is 11.1. The first-order valence-electron chi connectivity index (χ1n) is 6.35. The maximum absolute atomic E-state index is 4.82. The van der Waals surface area contributed by atoms with E-state index in [2.05, 4.69) is 26.8 Å². The van der Waals surface area contributed by atoms with Gasteiger partial charge in [0.1, 0.15) is 0 Å². The molecule has 0 heterocycles. The fraction of sp³-hybridized carbons (Fsp3) is 0.786. The van der Waals surface area contributed by atoms with Crippen molar-refractivity contribution in [1.29, 1.82) is 0 Å². The van der Waals surface area contributed by atoms with Crippen molar-refractivity contribution in [3.63, 3.8) is 0 Å². The van der Waals surface area contributed by atoms with Crippen LogP contribution < -0.4 is 0 Å². The summed E-state index contributed by atoms with van der Waals surface area (Å²) in [6.07, 6.45) is 11.4. The van der Waals surface area contributed by atoms with E-state index in [-0.39, 0.29) is 0 Å². The van der Waals surface area contributed by atoms with E-state index in [1.54, 1.807) is 0 Å². The third-order valence-electron chi connectivity index (χ3n) is 3.04. The predicted molar refractivity (Wildman–Crippen MR) is 68.6 cm³/mol. The summed E-state index contributed by atoms with van der Waals surface area (Å²) in [5.74, 6) is 0. The zero-order valence-electron chi connectivity index (χ0n) is 10.6. The molecule has 86 valence electrons. The van der Waals surface area contributed by atoms with E-state index < -0.39 is 0 Å². The second kappa shape index (κ2) is 6.81. The number of rotatable bonds is 4. The quantitative estimate of drug-likeness (QED) is 0.474. The second-order valence-electron chi connectivity index (χ2n) is 4.98. The molecule has 0 aromatic heterocycles. The lowest BCUT2D eigenvalue weighted by Gasteiger charge is -2.18. The van der Waals surface area contributed by atoms with Gasteiger partial charge in [-0.3, -0.25) is 4.99 Å². The van der Waals surface area contributed by atoms with Gasteiger partial charge in [0.2, 0.25) is 0 Å². The Kier molecular flexibility index (Phi) is 5.67. The van der Waals surface area contributed by atoms with Crippen LogP contribution in [-0.4, -0.2) is 11.8 Å². The third kappa shape index (κ3) is 5.76. The molecule has 1 nitrogen and oxygen atoms in total. The van der Waals surface area contributed by atoms with E-state index in [0.29, 0.717) is 6.04 Å². The Morgan fingerprint density at radius 1 is 1.13 bits per heavy atom. The molecule has 0 bridgehead atoms. The molecule has 1 fully saturated rings. The smallest absolute Gasteiger partial charge is 0.0498 e. The van der Waals surface area contributed by atoms with Crippen LogP contribution in [-0.2, 0) is 0 Å². The summed E-state index contributed by atoms with van der Waals surface area (Å²) in [6.45, 7) is 6.51. The molecule has 0 radical (unpaired) electrons. The summed E-state index contributed by atoms with van der Waals surface area (Å²) in [5.41, 5.74) is 2.76. The minimum absolute atomic E-state index is 0.644. The third-order valence-corrected chi connectivity index (χ3v) is 3.04. The Morgan fingerprint density at radius 2 is 1.80 bits per heavy atom. The van der Waals surface area contributed by atoms with Crippen molar-refractivity contribution >= 4 is 5.71 Å². The Labute approximate surface area is 94.7 Å². The number of aliphatic imine (C=N–C) groups is 1. The lowest BCUT2D eigenvalue weighted by Crippen LogP contribution is -2.11. The Bertz CT molecular complexity index is 228. The molecule has 0 aromatic rings. The molecule has 0 atom stereocenters. The SMILES string of the molecule is CC(C)=CCCC(C)=NC1CCCCC1. The van der Waals surface area contributed by atoms with Gasteiger partial charge >= 0.3 is 0 Å². The molecule has 1 heteroatoms. The van der Waals surface area contributed by atoms with Crippen LogP contribution in [0.4, 0.5) is 0 Å². The highest BCUT2D eigenvalue weighted by atomic mass is 14.8. The van der Waals surface area contributed by atoms with Crippen LogP contribution in [0.3, 0.4) is 0 Å². The summed E-state index contributed by atoms with van der Waals surface area (Å²) in [6, 6.07) is 0.644. The minimum atomic E-state index is 0.644. The van der Waals surface area contributed by atoms with E-state index in [1.807, 2.05) is 0 Å². The first-order valence-corrected chi connectivity index (χ1v) is 6.35. The number of allylic oxidation sites excluding steroid dienone is 2. The van der Waals surface area contributed by atoms with Gasteiger partial charge in [0.05, 0.1) is 0 Å². The summed E-state index contributed by atoms with van der Waals surface area (Å²) >= 11 is 0. The van der Waals surface area contributed by atoms with Crippen LogP contribution in [0.15, 0.2) is 16.6 Å². The Hall–Kier alpha value is -0.590. The van der Waals surface area contributed by atoms with Gasteiger partial charge in [-0.05, 0) is 46.5 Å². The van der Waals surface area contributed by atoms with Crippen molar-refractivity contribution in [2.75, 3.05) is 0 Å². The highest BCUT2D eigenvalue weighted by Gasteiger charge is 2.11. The van der Waals surface area contributed by atoms with Gasteiger partial charge in [-0.1, -0.05) is 30.9 Å². The van der Waals surface area contributed by atoms with Crippen molar-refractivity contribution in [3.8, 4) is 0 Å². The van der Waals surface area contributed by atoms with Crippen molar-refractivity contribution in [2.45, 2.75) is 71.8 Å². The topological polar surface area (TPSA) is 12.4 Å². The standard InChI is InChI=1S/C14H25N/c1-12(2)8-7-9-13(3)15-14-10-5-4-6-11-14/h8,14H,4-7,9-11H2,1-3H3. The van der Waals surface area contributed by atoms with E-state index in [9.17, 15) is 0 Å². The van der Waals surface area contributed by atoms with Crippen molar-refractivity contribution in [3.05, 3.63) is 11.6 Å². The monoisotopic (exact) mass is 207 g/mol.